The van der Waals surface area contributed by atoms with E-state index in [1.807, 2.05) is 31.3 Å². The molecule has 0 bridgehead atoms. The van der Waals surface area contributed by atoms with Crippen LogP contribution in [0.2, 0.25) is 0 Å². The molecule has 19 heavy (non-hydrogen) atoms. The standard InChI is InChI=1S/C15H16N2O2/c1-16-14-10-19-15-8-12(2-3-13(14)15)18-9-11-4-6-17-7-5-11/h2-8,14,16H,9-10H2,1H3. The summed E-state index contributed by atoms with van der Waals surface area (Å²) in [6.45, 7) is 1.22. The number of pyridine rings is 1. The molecule has 1 aliphatic rings. The molecule has 0 radical (unpaired) electrons. The number of aromatic nitrogens is 1. The molecule has 1 unspecified atom stereocenters. The summed E-state index contributed by atoms with van der Waals surface area (Å²) in [7, 11) is 1.94. The third kappa shape index (κ3) is 2.53. The second-order valence-electron chi connectivity index (χ2n) is 4.50. The van der Waals surface area contributed by atoms with E-state index in [2.05, 4.69) is 16.4 Å². The summed E-state index contributed by atoms with van der Waals surface area (Å²) in [4.78, 5) is 3.98. The summed E-state index contributed by atoms with van der Waals surface area (Å²) >= 11 is 0. The first-order valence-corrected chi connectivity index (χ1v) is 6.32. The smallest absolute Gasteiger partial charge is 0.127 e. The fraction of sp³-hybridized carbons (Fsp3) is 0.267. The highest BCUT2D eigenvalue weighted by Crippen LogP contribution is 2.35. The van der Waals surface area contributed by atoms with Gasteiger partial charge in [0.05, 0.1) is 6.04 Å². The van der Waals surface area contributed by atoms with Crippen LogP contribution in [0.5, 0.6) is 11.5 Å². The van der Waals surface area contributed by atoms with Crippen LogP contribution in [0.25, 0.3) is 0 Å². The van der Waals surface area contributed by atoms with Crippen LogP contribution in [0.15, 0.2) is 42.7 Å². The van der Waals surface area contributed by atoms with Crippen LogP contribution in [0.4, 0.5) is 0 Å². The van der Waals surface area contributed by atoms with Crippen molar-refractivity contribution in [3.63, 3.8) is 0 Å². The van der Waals surface area contributed by atoms with Crippen molar-refractivity contribution in [2.75, 3.05) is 13.7 Å². The van der Waals surface area contributed by atoms with Crippen LogP contribution in [0.1, 0.15) is 17.2 Å². The Labute approximate surface area is 112 Å². The van der Waals surface area contributed by atoms with Crippen molar-refractivity contribution in [3.8, 4) is 11.5 Å². The monoisotopic (exact) mass is 256 g/mol. The summed E-state index contributed by atoms with van der Waals surface area (Å²) < 4.78 is 11.4. The Hall–Kier alpha value is -2.07. The minimum atomic E-state index is 0.282. The van der Waals surface area contributed by atoms with Gasteiger partial charge < -0.3 is 14.8 Å². The van der Waals surface area contributed by atoms with Crippen molar-refractivity contribution in [2.24, 2.45) is 0 Å². The van der Waals surface area contributed by atoms with Gasteiger partial charge in [0.2, 0.25) is 0 Å². The zero-order valence-corrected chi connectivity index (χ0v) is 10.8. The van der Waals surface area contributed by atoms with E-state index in [1.165, 1.54) is 5.56 Å². The number of hydrogen-bond acceptors (Lipinski definition) is 4. The molecule has 1 aromatic heterocycles. The van der Waals surface area contributed by atoms with E-state index in [1.54, 1.807) is 12.4 Å². The van der Waals surface area contributed by atoms with E-state index >= 15 is 0 Å². The van der Waals surface area contributed by atoms with E-state index in [0.717, 1.165) is 17.1 Å². The lowest BCUT2D eigenvalue weighted by Gasteiger charge is -2.09. The Bertz CT molecular complexity index is 557. The molecule has 0 spiro atoms. The third-order valence-corrected chi connectivity index (χ3v) is 3.27. The molecule has 2 aromatic rings. The maximum absolute atomic E-state index is 5.76. The maximum Gasteiger partial charge on any atom is 0.127 e. The number of fused-ring (bicyclic) bond motifs is 1. The van der Waals surface area contributed by atoms with Gasteiger partial charge >= 0.3 is 0 Å². The Kier molecular flexibility index (Phi) is 3.33. The number of ether oxygens (including phenoxy) is 2. The third-order valence-electron chi connectivity index (χ3n) is 3.27. The lowest BCUT2D eigenvalue weighted by Crippen LogP contribution is -2.17. The van der Waals surface area contributed by atoms with Gasteiger partial charge in [-0.2, -0.15) is 0 Å². The molecule has 0 aliphatic carbocycles. The molecular weight excluding hydrogens is 240 g/mol. The fourth-order valence-corrected chi connectivity index (χ4v) is 2.16. The minimum Gasteiger partial charge on any atom is -0.491 e. The summed E-state index contributed by atoms with van der Waals surface area (Å²) in [6, 6.07) is 10.2. The Morgan fingerprint density at radius 2 is 2.16 bits per heavy atom. The predicted molar refractivity (Wildman–Crippen MR) is 72.3 cm³/mol. The van der Waals surface area contributed by atoms with E-state index in [4.69, 9.17) is 9.47 Å². The van der Waals surface area contributed by atoms with Gasteiger partial charge in [-0.15, -0.1) is 0 Å². The van der Waals surface area contributed by atoms with Gasteiger partial charge in [-0.1, -0.05) is 0 Å². The molecule has 1 atom stereocenters. The van der Waals surface area contributed by atoms with Crippen LogP contribution < -0.4 is 14.8 Å². The number of nitrogens with one attached hydrogen (secondary N) is 1. The summed E-state index contributed by atoms with van der Waals surface area (Å²) in [5.74, 6) is 1.74. The average molecular weight is 256 g/mol. The molecule has 2 heterocycles. The Morgan fingerprint density at radius 1 is 1.32 bits per heavy atom. The first kappa shape index (κ1) is 12.0. The van der Waals surface area contributed by atoms with Gasteiger partial charge in [0.15, 0.2) is 0 Å². The van der Waals surface area contributed by atoms with E-state index in [-0.39, 0.29) is 6.04 Å². The van der Waals surface area contributed by atoms with Crippen LogP contribution in [0.3, 0.4) is 0 Å². The van der Waals surface area contributed by atoms with E-state index in [0.29, 0.717) is 13.2 Å². The molecule has 0 saturated carbocycles. The van der Waals surface area contributed by atoms with Crippen LogP contribution >= 0.6 is 0 Å². The van der Waals surface area contributed by atoms with E-state index < -0.39 is 0 Å². The van der Waals surface area contributed by atoms with Gasteiger partial charge in [0.25, 0.3) is 0 Å². The predicted octanol–water partition coefficient (Wildman–Crippen LogP) is 2.31. The quantitative estimate of drug-likeness (QED) is 0.911. The van der Waals surface area contributed by atoms with Crippen LogP contribution in [-0.2, 0) is 6.61 Å². The van der Waals surface area contributed by atoms with Crippen molar-refractivity contribution in [2.45, 2.75) is 12.6 Å². The molecule has 3 rings (SSSR count). The largest absolute Gasteiger partial charge is 0.491 e. The molecule has 0 amide bonds. The molecule has 1 N–H and O–H groups in total. The van der Waals surface area contributed by atoms with Gasteiger partial charge in [0, 0.05) is 24.0 Å². The summed E-state index contributed by atoms with van der Waals surface area (Å²) in [5.41, 5.74) is 2.29. The Morgan fingerprint density at radius 3 is 2.95 bits per heavy atom. The zero-order chi connectivity index (χ0) is 13.1. The average Bonchev–Trinajstić information content (AvgIpc) is 2.88. The highest BCUT2D eigenvalue weighted by molar-refractivity contribution is 5.45. The molecule has 0 fully saturated rings. The number of likely N-dealkylation sites (N-methyl/N-ethyl adjacent to an activating group) is 1. The van der Waals surface area contributed by atoms with Crippen LogP contribution in [0, 0.1) is 0 Å². The SMILES string of the molecule is CNC1COc2cc(OCc3ccncc3)ccc21. The normalized spacial score (nSPS) is 16.8. The van der Waals surface area contributed by atoms with E-state index in [9.17, 15) is 0 Å². The van der Waals surface area contributed by atoms with Crippen molar-refractivity contribution < 1.29 is 9.47 Å². The highest BCUT2D eigenvalue weighted by Gasteiger charge is 2.22. The molecule has 98 valence electrons. The Balaban J connectivity index is 1.70. The fourth-order valence-electron chi connectivity index (χ4n) is 2.16. The van der Waals surface area contributed by atoms with Gasteiger partial charge in [-0.3, -0.25) is 4.98 Å². The van der Waals surface area contributed by atoms with Gasteiger partial charge in [-0.05, 0) is 36.9 Å². The van der Waals surface area contributed by atoms with Crippen molar-refractivity contribution in [3.05, 3.63) is 53.9 Å². The van der Waals surface area contributed by atoms with Crippen LogP contribution in [-0.4, -0.2) is 18.6 Å². The summed E-state index contributed by atoms with van der Waals surface area (Å²) in [5, 5.41) is 3.22. The lowest BCUT2D eigenvalue weighted by atomic mass is 10.1. The molecular formula is C15H16N2O2. The number of hydrogen-bond donors (Lipinski definition) is 1. The molecule has 4 nitrogen and oxygen atoms in total. The number of benzene rings is 1. The second kappa shape index (κ2) is 5.28. The number of rotatable bonds is 4. The molecule has 4 heteroatoms. The second-order valence-corrected chi connectivity index (χ2v) is 4.50. The van der Waals surface area contributed by atoms with Gasteiger partial charge in [0.1, 0.15) is 24.7 Å². The number of nitrogens with zero attached hydrogens (tertiary/aromatic N) is 1. The van der Waals surface area contributed by atoms with Crippen molar-refractivity contribution in [1.29, 1.82) is 0 Å². The molecule has 1 aromatic carbocycles. The lowest BCUT2D eigenvalue weighted by molar-refractivity contribution is 0.298. The zero-order valence-electron chi connectivity index (χ0n) is 10.8. The maximum atomic E-state index is 5.76. The highest BCUT2D eigenvalue weighted by atomic mass is 16.5. The van der Waals surface area contributed by atoms with Crippen molar-refractivity contribution >= 4 is 0 Å². The topological polar surface area (TPSA) is 43.4 Å². The molecule has 1 aliphatic heterocycles. The van der Waals surface area contributed by atoms with Gasteiger partial charge in [-0.25, -0.2) is 0 Å². The minimum absolute atomic E-state index is 0.282. The first-order valence-electron chi connectivity index (χ1n) is 6.32. The summed E-state index contributed by atoms with van der Waals surface area (Å²) in [6.07, 6.45) is 3.53. The molecule has 0 saturated heterocycles. The van der Waals surface area contributed by atoms with Crippen molar-refractivity contribution in [1.82, 2.24) is 10.3 Å². The first-order chi connectivity index (χ1) is 9.36.